The average Bonchev–Trinajstić information content (AvgIpc) is 2.82. The average molecular weight is 379 g/mol. The van der Waals surface area contributed by atoms with Gasteiger partial charge in [0, 0.05) is 24.6 Å². The molecular weight excluding hydrogens is 364 g/mol. The molecule has 1 amide bonds. The molecule has 2 rings (SSSR count). The summed E-state index contributed by atoms with van der Waals surface area (Å²) < 4.78 is 0.457. The summed E-state index contributed by atoms with van der Waals surface area (Å²) in [6, 6.07) is 5.91. The van der Waals surface area contributed by atoms with E-state index >= 15 is 0 Å². The highest BCUT2D eigenvalue weighted by Crippen LogP contribution is 2.33. The van der Waals surface area contributed by atoms with Crippen LogP contribution in [-0.2, 0) is 9.59 Å². The second-order valence-electron chi connectivity index (χ2n) is 5.36. The van der Waals surface area contributed by atoms with Crippen molar-refractivity contribution in [1.82, 2.24) is 4.90 Å². The van der Waals surface area contributed by atoms with Crippen LogP contribution >= 0.6 is 24.0 Å². The minimum absolute atomic E-state index is 0.0123. The van der Waals surface area contributed by atoms with Crippen molar-refractivity contribution in [3.63, 3.8) is 0 Å². The van der Waals surface area contributed by atoms with Gasteiger partial charge in [-0.25, -0.2) is 0 Å². The molecule has 25 heavy (non-hydrogen) atoms. The summed E-state index contributed by atoms with van der Waals surface area (Å²) in [7, 11) is 0. The maximum absolute atomic E-state index is 12.4. The van der Waals surface area contributed by atoms with Crippen LogP contribution in [0.2, 0.25) is 0 Å². The topological polar surface area (TPSA) is 104 Å². The van der Waals surface area contributed by atoms with Gasteiger partial charge in [0.15, 0.2) is 0 Å². The standard InChI is InChI=1S/C16H16N2O5S2/c19-14(20)4-2-1-3-9-17-15(21)13(25-16(17)24)10-11-5-7-12(8-6-11)18(22)23/h5-8,10H,1-4,9H2,(H,19,20)/p-1. The zero-order chi connectivity index (χ0) is 18.4. The van der Waals surface area contributed by atoms with Crippen LogP contribution in [0, 0.1) is 10.1 Å². The Morgan fingerprint density at radius 3 is 2.52 bits per heavy atom. The number of nitro groups is 1. The Morgan fingerprint density at radius 2 is 1.92 bits per heavy atom. The zero-order valence-electron chi connectivity index (χ0n) is 13.2. The lowest BCUT2D eigenvalue weighted by molar-refractivity contribution is -0.384. The maximum atomic E-state index is 12.4. The van der Waals surface area contributed by atoms with Gasteiger partial charge in [-0.05, 0) is 43.0 Å². The highest BCUT2D eigenvalue weighted by Gasteiger charge is 2.31. The summed E-state index contributed by atoms with van der Waals surface area (Å²) in [6.07, 6.45) is 3.50. The molecule has 1 saturated heterocycles. The van der Waals surface area contributed by atoms with Crippen LogP contribution in [0.5, 0.6) is 0 Å². The first-order valence-electron chi connectivity index (χ1n) is 7.58. The summed E-state index contributed by atoms with van der Waals surface area (Å²) >= 11 is 6.41. The largest absolute Gasteiger partial charge is 0.550 e. The Labute approximate surface area is 153 Å². The van der Waals surface area contributed by atoms with Gasteiger partial charge in [-0.2, -0.15) is 0 Å². The first-order valence-corrected chi connectivity index (χ1v) is 8.80. The molecule has 0 aromatic heterocycles. The van der Waals surface area contributed by atoms with E-state index in [-0.39, 0.29) is 18.0 Å². The highest BCUT2D eigenvalue weighted by molar-refractivity contribution is 8.26. The van der Waals surface area contributed by atoms with Crippen LogP contribution < -0.4 is 5.11 Å². The number of hydrogen-bond donors (Lipinski definition) is 0. The molecule has 7 nitrogen and oxygen atoms in total. The van der Waals surface area contributed by atoms with E-state index in [9.17, 15) is 24.8 Å². The lowest BCUT2D eigenvalue weighted by Gasteiger charge is -2.14. The summed E-state index contributed by atoms with van der Waals surface area (Å²) in [5.74, 6) is -1.27. The maximum Gasteiger partial charge on any atom is 0.269 e. The van der Waals surface area contributed by atoms with Crippen molar-refractivity contribution in [1.29, 1.82) is 0 Å². The van der Waals surface area contributed by atoms with Crippen LogP contribution in [0.1, 0.15) is 31.2 Å². The molecule has 0 spiro atoms. The normalized spacial score (nSPS) is 15.8. The molecular formula is C16H15N2O5S2-. The minimum atomic E-state index is -1.07. The van der Waals surface area contributed by atoms with Crippen molar-refractivity contribution in [2.45, 2.75) is 25.7 Å². The van der Waals surface area contributed by atoms with Crippen molar-refractivity contribution in [2.24, 2.45) is 0 Å². The van der Waals surface area contributed by atoms with Gasteiger partial charge in [-0.15, -0.1) is 0 Å². The Bertz CT molecular complexity index is 731. The summed E-state index contributed by atoms with van der Waals surface area (Å²) in [5, 5.41) is 21.0. The van der Waals surface area contributed by atoms with Gasteiger partial charge in [0.2, 0.25) is 0 Å². The number of carbonyl (C=O) groups is 2. The lowest BCUT2D eigenvalue weighted by atomic mass is 10.2. The van der Waals surface area contributed by atoms with Crippen LogP contribution in [0.25, 0.3) is 6.08 Å². The summed E-state index contributed by atoms with van der Waals surface area (Å²) in [6.45, 7) is 0.440. The van der Waals surface area contributed by atoms with E-state index in [1.807, 2.05) is 0 Å². The number of benzene rings is 1. The fraction of sp³-hybridized carbons (Fsp3) is 0.312. The van der Waals surface area contributed by atoms with Crippen molar-refractivity contribution in [3.8, 4) is 0 Å². The number of carbonyl (C=O) groups excluding carboxylic acids is 2. The van der Waals surface area contributed by atoms with Crippen LogP contribution in [-0.4, -0.2) is 32.6 Å². The first kappa shape index (κ1) is 19.1. The molecule has 0 bridgehead atoms. The third-order valence-electron chi connectivity index (χ3n) is 3.54. The molecule has 0 aliphatic carbocycles. The van der Waals surface area contributed by atoms with Crippen molar-refractivity contribution >= 4 is 51.9 Å². The Balaban J connectivity index is 1.95. The minimum Gasteiger partial charge on any atom is -0.550 e. The molecule has 1 fully saturated rings. The molecule has 1 aromatic carbocycles. The zero-order valence-corrected chi connectivity index (χ0v) is 14.8. The van der Waals surface area contributed by atoms with E-state index in [0.717, 1.165) is 0 Å². The van der Waals surface area contributed by atoms with E-state index in [4.69, 9.17) is 12.2 Å². The van der Waals surface area contributed by atoms with E-state index < -0.39 is 10.9 Å². The number of carboxylic acid groups (broad SMARTS) is 1. The number of hydrogen-bond acceptors (Lipinski definition) is 7. The Kier molecular flexibility index (Phi) is 6.65. The van der Waals surface area contributed by atoms with E-state index in [1.165, 1.54) is 28.8 Å². The third kappa shape index (κ3) is 5.36. The van der Waals surface area contributed by atoms with Crippen molar-refractivity contribution in [2.75, 3.05) is 6.54 Å². The van der Waals surface area contributed by atoms with Gasteiger partial charge in [-0.3, -0.25) is 19.8 Å². The Hall–Kier alpha value is -2.26. The van der Waals surface area contributed by atoms with E-state index in [1.54, 1.807) is 18.2 Å². The quantitative estimate of drug-likeness (QED) is 0.224. The number of thioether (sulfide) groups is 1. The molecule has 1 aliphatic rings. The van der Waals surface area contributed by atoms with Gasteiger partial charge < -0.3 is 9.90 Å². The lowest BCUT2D eigenvalue weighted by Crippen LogP contribution is -2.29. The number of carboxylic acids is 1. The Morgan fingerprint density at radius 1 is 1.24 bits per heavy atom. The summed E-state index contributed by atoms with van der Waals surface area (Å²) in [4.78, 5) is 34.9. The van der Waals surface area contributed by atoms with Crippen molar-refractivity contribution < 1.29 is 19.6 Å². The number of unbranched alkanes of at least 4 members (excludes halogenated alkanes) is 2. The van der Waals surface area contributed by atoms with Crippen LogP contribution in [0.4, 0.5) is 5.69 Å². The first-order chi connectivity index (χ1) is 11.9. The number of nitro benzene ring substituents is 1. The number of amides is 1. The smallest absolute Gasteiger partial charge is 0.269 e. The molecule has 0 radical (unpaired) electrons. The number of thiocarbonyl (C=S) groups is 1. The van der Waals surface area contributed by atoms with Gasteiger partial charge in [-0.1, -0.05) is 30.4 Å². The van der Waals surface area contributed by atoms with Crippen LogP contribution in [0.15, 0.2) is 29.2 Å². The molecule has 0 N–H and O–H groups in total. The molecule has 1 aromatic rings. The number of nitrogens with zero attached hydrogens (tertiary/aromatic N) is 2. The second kappa shape index (κ2) is 8.72. The molecule has 132 valence electrons. The fourth-order valence-electron chi connectivity index (χ4n) is 2.25. The number of rotatable bonds is 8. The van der Waals surface area contributed by atoms with Gasteiger partial charge in [0.25, 0.3) is 11.6 Å². The second-order valence-corrected chi connectivity index (χ2v) is 7.04. The van der Waals surface area contributed by atoms with E-state index in [2.05, 4.69) is 0 Å². The van der Waals surface area contributed by atoms with Crippen LogP contribution in [0.3, 0.4) is 0 Å². The van der Waals surface area contributed by atoms with Gasteiger partial charge >= 0.3 is 0 Å². The predicted molar refractivity (Wildman–Crippen MR) is 96.5 cm³/mol. The molecule has 0 atom stereocenters. The predicted octanol–water partition coefficient (Wildman–Crippen LogP) is 2.11. The SMILES string of the molecule is O=C([O-])CCCCCN1C(=O)C(=Cc2ccc([N+](=O)[O-])cc2)SC1=S. The molecule has 1 aliphatic heterocycles. The van der Waals surface area contributed by atoms with Gasteiger partial charge in [0.05, 0.1) is 9.83 Å². The monoisotopic (exact) mass is 379 g/mol. The van der Waals surface area contributed by atoms with Gasteiger partial charge in [0.1, 0.15) is 4.32 Å². The molecule has 0 saturated carbocycles. The third-order valence-corrected chi connectivity index (χ3v) is 4.92. The summed E-state index contributed by atoms with van der Waals surface area (Å²) in [5.41, 5.74) is 0.668. The number of non-ortho nitro benzene ring substituents is 1. The number of aliphatic carboxylic acids is 1. The molecule has 9 heteroatoms. The van der Waals surface area contributed by atoms with Crippen molar-refractivity contribution in [3.05, 3.63) is 44.8 Å². The van der Waals surface area contributed by atoms with E-state index in [0.29, 0.717) is 40.6 Å². The highest BCUT2D eigenvalue weighted by atomic mass is 32.2. The fourth-order valence-corrected chi connectivity index (χ4v) is 3.56. The molecule has 1 heterocycles. The molecule has 0 unspecified atom stereocenters.